The largest absolute Gasteiger partial charge is 0.327 e. The zero-order valence-electron chi connectivity index (χ0n) is 8.70. The molecule has 0 aliphatic heterocycles. The zero-order valence-corrected chi connectivity index (χ0v) is 9.52. The summed E-state index contributed by atoms with van der Waals surface area (Å²) in [5, 5.41) is 6.45. The van der Waals surface area contributed by atoms with Crippen LogP contribution < -0.4 is 11.1 Å². The molecule has 3 N–H and O–H groups in total. The van der Waals surface area contributed by atoms with Crippen LogP contribution in [0.15, 0.2) is 11.6 Å². The predicted molar refractivity (Wildman–Crippen MR) is 61.3 cm³/mol. The van der Waals surface area contributed by atoms with Crippen molar-refractivity contribution in [2.75, 3.05) is 6.54 Å². The van der Waals surface area contributed by atoms with Crippen LogP contribution in [-0.2, 0) is 6.54 Å². The lowest BCUT2D eigenvalue weighted by Crippen LogP contribution is -2.33. The summed E-state index contributed by atoms with van der Waals surface area (Å²) in [6.45, 7) is 3.92. The number of thiazole rings is 1. The standard InChI is InChI=1S/C10H19N3S/c1-2-3-4-9(11)7-12-8-10-13-5-6-14-10/h5-6,9,12H,2-4,7-8,11H2,1H3. The van der Waals surface area contributed by atoms with Crippen molar-refractivity contribution in [3.05, 3.63) is 16.6 Å². The first kappa shape index (κ1) is 11.6. The molecular formula is C10H19N3S. The van der Waals surface area contributed by atoms with E-state index in [1.54, 1.807) is 11.3 Å². The Balaban J connectivity index is 2.03. The summed E-state index contributed by atoms with van der Waals surface area (Å²) in [5.74, 6) is 0. The number of hydrogen-bond acceptors (Lipinski definition) is 4. The Morgan fingerprint density at radius 2 is 2.50 bits per heavy atom. The van der Waals surface area contributed by atoms with Gasteiger partial charge in [-0.15, -0.1) is 11.3 Å². The third-order valence-corrected chi connectivity index (χ3v) is 2.87. The molecule has 1 heterocycles. The second-order valence-electron chi connectivity index (χ2n) is 3.46. The Morgan fingerprint density at radius 1 is 1.64 bits per heavy atom. The maximum atomic E-state index is 5.92. The van der Waals surface area contributed by atoms with E-state index in [1.807, 2.05) is 11.6 Å². The first-order valence-corrected chi connectivity index (χ1v) is 6.05. The number of unbranched alkanes of at least 4 members (excludes halogenated alkanes) is 1. The molecule has 14 heavy (non-hydrogen) atoms. The number of nitrogens with zero attached hydrogens (tertiary/aromatic N) is 1. The average Bonchev–Trinajstić information content (AvgIpc) is 2.67. The molecule has 0 fully saturated rings. The van der Waals surface area contributed by atoms with Gasteiger partial charge in [-0.3, -0.25) is 0 Å². The molecule has 1 rings (SSSR count). The Kier molecular flexibility index (Phi) is 5.75. The first-order valence-electron chi connectivity index (χ1n) is 5.17. The summed E-state index contributed by atoms with van der Waals surface area (Å²) in [6, 6.07) is 0.287. The molecule has 1 aromatic rings. The minimum atomic E-state index is 0.287. The third kappa shape index (κ3) is 4.69. The van der Waals surface area contributed by atoms with Gasteiger partial charge in [0.05, 0.1) is 0 Å². The molecule has 0 aromatic carbocycles. The van der Waals surface area contributed by atoms with Crippen LogP contribution in [0, 0.1) is 0 Å². The molecule has 0 radical (unpaired) electrons. The highest BCUT2D eigenvalue weighted by Gasteiger charge is 2.01. The second kappa shape index (κ2) is 6.92. The van der Waals surface area contributed by atoms with Crippen LogP contribution in [0.2, 0.25) is 0 Å². The molecule has 3 nitrogen and oxygen atoms in total. The van der Waals surface area contributed by atoms with Gasteiger partial charge >= 0.3 is 0 Å². The molecule has 0 saturated heterocycles. The fraction of sp³-hybridized carbons (Fsp3) is 0.700. The molecule has 0 spiro atoms. The van der Waals surface area contributed by atoms with E-state index in [1.165, 1.54) is 12.8 Å². The van der Waals surface area contributed by atoms with Gasteiger partial charge in [0.15, 0.2) is 0 Å². The van der Waals surface area contributed by atoms with E-state index in [0.717, 1.165) is 24.5 Å². The van der Waals surface area contributed by atoms with E-state index in [9.17, 15) is 0 Å². The Hall–Kier alpha value is -0.450. The lowest BCUT2D eigenvalue weighted by atomic mass is 10.1. The highest BCUT2D eigenvalue weighted by atomic mass is 32.1. The van der Waals surface area contributed by atoms with Crippen molar-refractivity contribution in [3.63, 3.8) is 0 Å². The molecule has 0 aliphatic rings. The Labute approximate surface area is 89.7 Å². The molecule has 0 bridgehead atoms. The van der Waals surface area contributed by atoms with Crippen molar-refractivity contribution in [1.29, 1.82) is 0 Å². The average molecular weight is 213 g/mol. The van der Waals surface area contributed by atoms with Gasteiger partial charge in [-0.1, -0.05) is 19.8 Å². The summed E-state index contributed by atoms with van der Waals surface area (Å²) in [5.41, 5.74) is 5.92. The van der Waals surface area contributed by atoms with E-state index in [4.69, 9.17) is 5.73 Å². The fourth-order valence-corrected chi connectivity index (χ4v) is 1.86. The normalized spacial score (nSPS) is 13.0. The van der Waals surface area contributed by atoms with Gasteiger partial charge in [0.25, 0.3) is 0 Å². The maximum Gasteiger partial charge on any atom is 0.106 e. The summed E-state index contributed by atoms with van der Waals surface area (Å²) in [7, 11) is 0. The highest BCUT2D eigenvalue weighted by Crippen LogP contribution is 2.03. The van der Waals surface area contributed by atoms with Crippen LogP contribution in [0.1, 0.15) is 31.2 Å². The number of nitrogens with two attached hydrogens (primary N) is 1. The predicted octanol–water partition coefficient (Wildman–Crippen LogP) is 1.75. The highest BCUT2D eigenvalue weighted by molar-refractivity contribution is 7.09. The second-order valence-corrected chi connectivity index (χ2v) is 4.44. The molecule has 0 aliphatic carbocycles. The summed E-state index contributed by atoms with van der Waals surface area (Å²) in [6.07, 6.45) is 5.39. The Morgan fingerprint density at radius 3 is 3.14 bits per heavy atom. The van der Waals surface area contributed by atoms with E-state index < -0.39 is 0 Å². The number of rotatable bonds is 7. The van der Waals surface area contributed by atoms with Crippen LogP contribution in [0.25, 0.3) is 0 Å². The summed E-state index contributed by atoms with van der Waals surface area (Å²) < 4.78 is 0. The van der Waals surface area contributed by atoms with Crippen LogP contribution >= 0.6 is 11.3 Å². The van der Waals surface area contributed by atoms with Crippen molar-refractivity contribution in [3.8, 4) is 0 Å². The van der Waals surface area contributed by atoms with E-state index in [2.05, 4.69) is 17.2 Å². The summed E-state index contributed by atoms with van der Waals surface area (Å²) in [4.78, 5) is 4.19. The molecule has 1 unspecified atom stereocenters. The molecule has 80 valence electrons. The van der Waals surface area contributed by atoms with Crippen molar-refractivity contribution in [2.24, 2.45) is 5.73 Å². The van der Waals surface area contributed by atoms with Gasteiger partial charge in [-0.25, -0.2) is 4.98 Å². The van der Waals surface area contributed by atoms with Crippen molar-refractivity contribution in [2.45, 2.75) is 38.8 Å². The van der Waals surface area contributed by atoms with Gasteiger partial charge in [-0.05, 0) is 6.42 Å². The fourth-order valence-electron chi connectivity index (χ4n) is 1.27. The van der Waals surface area contributed by atoms with Crippen molar-refractivity contribution < 1.29 is 0 Å². The number of nitrogens with one attached hydrogen (secondary N) is 1. The summed E-state index contributed by atoms with van der Waals surface area (Å²) >= 11 is 1.68. The van der Waals surface area contributed by atoms with Gasteiger partial charge in [-0.2, -0.15) is 0 Å². The Bertz CT molecular complexity index is 223. The minimum absolute atomic E-state index is 0.287. The van der Waals surface area contributed by atoms with Gasteiger partial charge in [0, 0.05) is 30.7 Å². The number of hydrogen-bond donors (Lipinski definition) is 2. The van der Waals surface area contributed by atoms with Crippen LogP contribution in [-0.4, -0.2) is 17.6 Å². The molecular weight excluding hydrogens is 194 g/mol. The van der Waals surface area contributed by atoms with Crippen molar-refractivity contribution in [1.82, 2.24) is 10.3 Å². The van der Waals surface area contributed by atoms with Crippen LogP contribution in [0.5, 0.6) is 0 Å². The lowest BCUT2D eigenvalue weighted by Gasteiger charge is -2.10. The van der Waals surface area contributed by atoms with Crippen molar-refractivity contribution >= 4 is 11.3 Å². The van der Waals surface area contributed by atoms with Crippen LogP contribution in [0.3, 0.4) is 0 Å². The third-order valence-electron chi connectivity index (χ3n) is 2.09. The van der Waals surface area contributed by atoms with E-state index in [0.29, 0.717) is 0 Å². The topological polar surface area (TPSA) is 50.9 Å². The lowest BCUT2D eigenvalue weighted by molar-refractivity contribution is 0.524. The zero-order chi connectivity index (χ0) is 10.2. The van der Waals surface area contributed by atoms with Gasteiger partial charge < -0.3 is 11.1 Å². The minimum Gasteiger partial charge on any atom is -0.327 e. The van der Waals surface area contributed by atoms with E-state index >= 15 is 0 Å². The SMILES string of the molecule is CCCCC(N)CNCc1nccs1. The van der Waals surface area contributed by atoms with E-state index in [-0.39, 0.29) is 6.04 Å². The quantitative estimate of drug-likeness (QED) is 0.725. The van der Waals surface area contributed by atoms with Gasteiger partial charge in [0.2, 0.25) is 0 Å². The monoisotopic (exact) mass is 213 g/mol. The smallest absolute Gasteiger partial charge is 0.106 e. The van der Waals surface area contributed by atoms with Crippen LogP contribution in [0.4, 0.5) is 0 Å². The molecule has 1 aromatic heterocycles. The molecule has 0 saturated carbocycles. The first-order chi connectivity index (χ1) is 6.83. The molecule has 1 atom stereocenters. The molecule has 4 heteroatoms. The maximum absolute atomic E-state index is 5.92. The molecule has 0 amide bonds. The van der Waals surface area contributed by atoms with Gasteiger partial charge in [0.1, 0.15) is 5.01 Å². The number of aromatic nitrogens is 1.